The van der Waals surface area contributed by atoms with Crippen molar-refractivity contribution in [3.05, 3.63) is 35.1 Å². The summed E-state index contributed by atoms with van der Waals surface area (Å²) in [6.07, 6.45) is 0.256. The second kappa shape index (κ2) is 4.91. The van der Waals surface area contributed by atoms with Gasteiger partial charge in [-0.1, -0.05) is 0 Å². The van der Waals surface area contributed by atoms with Gasteiger partial charge < -0.3 is 10.0 Å². The van der Waals surface area contributed by atoms with Gasteiger partial charge in [0.2, 0.25) is 0 Å². The highest BCUT2D eigenvalue weighted by Gasteiger charge is 2.32. The minimum absolute atomic E-state index is 0.0629. The van der Waals surface area contributed by atoms with Crippen LogP contribution in [0.2, 0.25) is 0 Å². The van der Waals surface area contributed by atoms with Gasteiger partial charge in [-0.05, 0) is 18.6 Å². The second-order valence-electron chi connectivity index (χ2n) is 4.30. The molecule has 1 N–H and O–H groups in total. The van der Waals surface area contributed by atoms with Crippen molar-refractivity contribution in [3.63, 3.8) is 0 Å². The molecule has 1 fully saturated rings. The molecule has 1 atom stereocenters. The van der Waals surface area contributed by atoms with Gasteiger partial charge >= 0.3 is 5.97 Å². The average Bonchev–Trinajstić information content (AvgIpc) is 2.85. The minimum atomic E-state index is -1.71. The zero-order valence-corrected chi connectivity index (χ0v) is 9.70. The summed E-state index contributed by atoms with van der Waals surface area (Å²) in [6.45, 7) is 0.0842. The highest BCUT2D eigenvalue weighted by Crippen LogP contribution is 2.22. The lowest BCUT2D eigenvalue weighted by molar-refractivity contribution is -0.141. The van der Waals surface area contributed by atoms with E-state index in [-0.39, 0.29) is 19.5 Å². The Morgan fingerprint density at radius 2 is 1.89 bits per heavy atom. The van der Waals surface area contributed by atoms with Crippen LogP contribution in [0.25, 0.3) is 0 Å². The molecule has 0 saturated carbocycles. The normalized spacial score (nSPS) is 18.7. The van der Waals surface area contributed by atoms with Gasteiger partial charge in [0, 0.05) is 13.1 Å². The summed E-state index contributed by atoms with van der Waals surface area (Å²) < 4.78 is 39.2. The molecule has 1 aliphatic rings. The third-order valence-electron chi connectivity index (χ3n) is 3.09. The standard InChI is InChI=1S/C12H10F3NO3/c13-8-2-1-7(9(14)10(8)15)11(17)16-4-3-6(5-16)12(18)19/h1-2,6H,3-5H2,(H,18,19)/t6-/m0/s1. The van der Waals surface area contributed by atoms with E-state index >= 15 is 0 Å². The fourth-order valence-electron chi connectivity index (χ4n) is 2.01. The van der Waals surface area contributed by atoms with Crippen LogP contribution in [-0.4, -0.2) is 35.0 Å². The van der Waals surface area contributed by atoms with Gasteiger partial charge in [-0.2, -0.15) is 0 Å². The monoisotopic (exact) mass is 273 g/mol. The Morgan fingerprint density at radius 3 is 2.47 bits per heavy atom. The van der Waals surface area contributed by atoms with Crippen molar-refractivity contribution in [3.8, 4) is 0 Å². The van der Waals surface area contributed by atoms with E-state index in [9.17, 15) is 22.8 Å². The lowest BCUT2D eigenvalue weighted by Crippen LogP contribution is -2.30. The van der Waals surface area contributed by atoms with E-state index in [2.05, 4.69) is 0 Å². The van der Waals surface area contributed by atoms with Crippen LogP contribution in [0.15, 0.2) is 12.1 Å². The smallest absolute Gasteiger partial charge is 0.308 e. The largest absolute Gasteiger partial charge is 0.481 e. The molecule has 0 bridgehead atoms. The molecule has 1 aromatic carbocycles. The number of amides is 1. The first-order valence-corrected chi connectivity index (χ1v) is 5.57. The molecule has 2 rings (SSSR count). The number of likely N-dealkylation sites (tertiary alicyclic amines) is 1. The van der Waals surface area contributed by atoms with Gasteiger partial charge in [-0.15, -0.1) is 0 Å². The van der Waals surface area contributed by atoms with Crippen molar-refractivity contribution >= 4 is 11.9 Å². The molecule has 19 heavy (non-hydrogen) atoms. The zero-order chi connectivity index (χ0) is 14.2. The predicted molar refractivity (Wildman–Crippen MR) is 58.0 cm³/mol. The molecule has 0 unspecified atom stereocenters. The van der Waals surface area contributed by atoms with E-state index in [1.807, 2.05) is 0 Å². The average molecular weight is 273 g/mol. The van der Waals surface area contributed by atoms with Crippen LogP contribution in [0.4, 0.5) is 13.2 Å². The highest BCUT2D eigenvalue weighted by atomic mass is 19.2. The van der Waals surface area contributed by atoms with Crippen molar-refractivity contribution in [2.75, 3.05) is 13.1 Å². The van der Waals surface area contributed by atoms with Crippen LogP contribution < -0.4 is 0 Å². The van der Waals surface area contributed by atoms with E-state index in [1.54, 1.807) is 0 Å². The Balaban J connectivity index is 2.22. The first-order chi connectivity index (χ1) is 8.91. The summed E-state index contributed by atoms with van der Waals surface area (Å²) in [7, 11) is 0. The molecule has 1 heterocycles. The molecule has 0 aliphatic carbocycles. The fourth-order valence-corrected chi connectivity index (χ4v) is 2.01. The van der Waals surface area contributed by atoms with Crippen molar-refractivity contribution in [2.45, 2.75) is 6.42 Å². The number of hydrogen-bond donors (Lipinski definition) is 1. The van der Waals surface area contributed by atoms with E-state index in [4.69, 9.17) is 5.11 Å². The van der Waals surface area contributed by atoms with Crippen LogP contribution in [0.3, 0.4) is 0 Å². The van der Waals surface area contributed by atoms with Crippen LogP contribution in [0.5, 0.6) is 0 Å². The van der Waals surface area contributed by atoms with Crippen LogP contribution in [0.1, 0.15) is 16.8 Å². The second-order valence-corrected chi connectivity index (χ2v) is 4.30. The Labute approximate surface area is 106 Å². The summed E-state index contributed by atoms with van der Waals surface area (Å²) in [5, 5.41) is 8.80. The van der Waals surface area contributed by atoms with E-state index < -0.39 is 40.8 Å². The van der Waals surface area contributed by atoms with Gasteiger partial charge in [-0.3, -0.25) is 9.59 Å². The quantitative estimate of drug-likeness (QED) is 0.833. The summed E-state index contributed by atoms with van der Waals surface area (Å²) in [6, 6.07) is 1.51. The fraction of sp³-hybridized carbons (Fsp3) is 0.333. The topological polar surface area (TPSA) is 57.6 Å². The Hall–Kier alpha value is -2.05. The molecule has 0 aromatic heterocycles. The number of halogens is 3. The minimum Gasteiger partial charge on any atom is -0.481 e. The van der Waals surface area contributed by atoms with Crippen LogP contribution in [0, 0.1) is 23.4 Å². The summed E-state index contributed by atoms with van der Waals surface area (Å²) in [5.41, 5.74) is -0.593. The van der Waals surface area contributed by atoms with Gasteiger partial charge in [0.1, 0.15) is 0 Å². The first kappa shape index (κ1) is 13.4. The molecular formula is C12H10F3NO3. The molecule has 1 amide bonds. The number of carbonyl (C=O) groups excluding carboxylic acids is 1. The van der Waals surface area contributed by atoms with Crippen molar-refractivity contribution in [1.82, 2.24) is 4.90 Å². The number of carboxylic acids is 1. The lowest BCUT2D eigenvalue weighted by Gasteiger charge is -2.16. The number of carbonyl (C=O) groups is 2. The molecule has 1 aliphatic heterocycles. The third kappa shape index (κ3) is 2.40. The molecule has 1 aromatic rings. The molecule has 4 nitrogen and oxygen atoms in total. The Morgan fingerprint density at radius 1 is 1.21 bits per heavy atom. The van der Waals surface area contributed by atoms with E-state index in [1.165, 1.54) is 0 Å². The summed E-state index contributed by atoms with van der Waals surface area (Å²) in [4.78, 5) is 23.8. The first-order valence-electron chi connectivity index (χ1n) is 5.57. The number of rotatable bonds is 2. The Kier molecular flexibility index (Phi) is 3.46. The van der Waals surface area contributed by atoms with Crippen LogP contribution >= 0.6 is 0 Å². The molecule has 0 radical (unpaired) electrons. The summed E-state index contributed by atoms with van der Waals surface area (Å²) >= 11 is 0. The van der Waals surface area contributed by atoms with Crippen molar-refractivity contribution < 1.29 is 27.9 Å². The SMILES string of the molecule is O=C(O)[C@H]1CCN(C(=O)c2ccc(F)c(F)c2F)C1. The zero-order valence-electron chi connectivity index (χ0n) is 9.70. The third-order valence-corrected chi connectivity index (χ3v) is 3.09. The number of carboxylic acid groups (broad SMARTS) is 1. The number of benzene rings is 1. The van der Waals surface area contributed by atoms with Gasteiger partial charge in [0.25, 0.3) is 5.91 Å². The number of hydrogen-bond acceptors (Lipinski definition) is 2. The lowest BCUT2D eigenvalue weighted by atomic mass is 10.1. The van der Waals surface area contributed by atoms with Crippen molar-refractivity contribution in [1.29, 1.82) is 0 Å². The molecule has 7 heteroatoms. The molecule has 102 valence electrons. The maximum Gasteiger partial charge on any atom is 0.308 e. The summed E-state index contributed by atoms with van der Waals surface area (Å²) in [5.74, 6) is -7.22. The van der Waals surface area contributed by atoms with Gasteiger partial charge in [0.05, 0.1) is 11.5 Å². The van der Waals surface area contributed by atoms with E-state index in [0.29, 0.717) is 6.07 Å². The van der Waals surface area contributed by atoms with Gasteiger partial charge in [-0.25, -0.2) is 13.2 Å². The molecule has 0 spiro atoms. The van der Waals surface area contributed by atoms with Crippen LogP contribution in [-0.2, 0) is 4.79 Å². The predicted octanol–water partition coefficient (Wildman–Crippen LogP) is 1.65. The molecular weight excluding hydrogens is 263 g/mol. The number of nitrogens with zero attached hydrogens (tertiary/aromatic N) is 1. The number of aliphatic carboxylic acids is 1. The van der Waals surface area contributed by atoms with E-state index in [0.717, 1.165) is 11.0 Å². The Bertz CT molecular complexity index is 547. The molecule has 1 saturated heterocycles. The maximum absolute atomic E-state index is 13.4. The highest BCUT2D eigenvalue weighted by molar-refractivity contribution is 5.95. The maximum atomic E-state index is 13.4. The van der Waals surface area contributed by atoms with Gasteiger partial charge in [0.15, 0.2) is 17.5 Å². The van der Waals surface area contributed by atoms with Crippen molar-refractivity contribution in [2.24, 2.45) is 5.92 Å².